The normalized spacial score (nSPS) is 17.9. The fourth-order valence-electron chi connectivity index (χ4n) is 2.59. The molecular weight excluding hydrogens is 260 g/mol. The number of halogens is 1. The lowest BCUT2D eigenvalue weighted by molar-refractivity contribution is 0.282. The molecule has 1 fully saturated rings. The van der Waals surface area contributed by atoms with Gasteiger partial charge in [0.05, 0.1) is 5.69 Å². The van der Waals surface area contributed by atoms with E-state index in [1.807, 2.05) is 11.7 Å². The summed E-state index contributed by atoms with van der Waals surface area (Å²) in [4.78, 5) is 2.53. The van der Waals surface area contributed by atoms with Crippen molar-refractivity contribution in [2.24, 2.45) is 7.05 Å². The molecule has 4 nitrogen and oxygen atoms in total. The molecule has 1 aliphatic heterocycles. The molecule has 0 aromatic carbocycles. The van der Waals surface area contributed by atoms with Crippen LogP contribution in [-0.2, 0) is 19.0 Å². The second-order valence-electron chi connectivity index (χ2n) is 6.31. The van der Waals surface area contributed by atoms with Gasteiger partial charge >= 0.3 is 0 Å². The maximum Gasteiger partial charge on any atom is 0.0722 e. The molecule has 0 radical (unpaired) electrons. The van der Waals surface area contributed by atoms with Crippen LogP contribution in [-0.4, -0.2) is 40.9 Å². The number of hydrogen-bond donors (Lipinski definition) is 1. The summed E-state index contributed by atoms with van der Waals surface area (Å²) in [5.41, 5.74) is 2.75. The Morgan fingerprint density at radius 1 is 1.26 bits per heavy atom. The zero-order valence-corrected chi connectivity index (χ0v) is 13.4. The summed E-state index contributed by atoms with van der Waals surface area (Å²) in [7, 11) is 2.02. The fraction of sp³-hybridized carbons (Fsp3) is 0.786. The second kappa shape index (κ2) is 6.73. The van der Waals surface area contributed by atoms with E-state index in [2.05, 4.69) is 42.3 Å². The van der Waals surface area contributed by atoms with E-state index >= 15 is 0 Å². The minimum Gasteiger partial charge on any atom is -0.315 e. The van der Waals surface area contributed by atoms with Gasteiger partial charge in [0.1, 0.15) is 0 Å². The molecule has 0 unspecified atom stereocenters. The van der Waals surface area contributed by atoms with Crippen molar-refractivity contribution in [1.29, 1.82) is 0 Å². The molecule has 1 N–H and O–H groups in total. The van der Waals surface area contributed by atoms with Gasteiger partial charge in [-0.15, -0.1) is 12.4 Å². The first-order valence-corrected chi connectivity index (χ1v) is 6.93. The first kappa shape index (κ1) is 16.5. The van der Waals surface area contributed by atoms with Crippen LogP contribution in [0.15, 0.2) is 6.20 Å². The van der Waals surface area contributed by atoms with Crippen LogP contribution in [0.4, 0.5) is 0 Å². The van der Waals surface area contributed by atoms with E-state index in [1.165, 1.54) is 24.2 Å². The highest BCUT2D eigenvalue weighted by Crippen LogP contribution is 2.25. The number of rotatable bonds is 2. The molecule has 110 valence electrons. The van der Waals surface area contributed by atoms with Crippen molar-refractivity contribution >= 4 is 12.4 Å². The maximum atomic E-state index is 4.65. The summed E-state index contributed by atoms with van der Waals surface area (Å²) in [6, 6.07) is 0. The first-order chi connectivity index (χ1) is 8.47. The summed E-state index contributed by atoms with van der Waals surface area (Å²) in [5, 5.41) is 8.10. The summed E-state index contributed by atoms with van der Waals surface area (Å²) < 4.78 is 1.95. The molecular formula is C14H27ClN4. The summed E-state index contributed by atoms with van der Waals surface area (Å²) in [6.07, 6.45) is 3.42. The molecule has 1 saturated heterocycles. The smallest absolute Gasteiger partial charge is 0.0722 e. The van der Waals surface area contributed by atoms with Gasteiger partial charge in [-0.3, -0.25) is 9.58 Å². The Kier molecular flexibility index (Phi) is 5.83. The fourth-order valence-corrected chi connectivity index (χ4v) is 2.59. The van der Waals surface area contributed by atoms with Gasteiger partial charge in [0, 0.05) is 43.9 Å². The average molecular weight is 287 g/mol. The van der Waals surface area contributed by atoms with E-state index in [1.54, 1.807) is 0 Å². The number of aryl methyl sites for hydroxylation is 1. The Hall–Kier alpha value is -0.580. The predicted octanol–water partition coefficient (Wildman–Crippen LogP) is 1.93. The first-order valence-electron chi connectivity index (χ1n) is 6.93. The Labute approximate surface area is 123 Å². The van der Waals surface area contributed by atoms with Crippen molar-refractivity contribution in [2.75, 3.05) is 26.2 Å². The Balaban J connectivity index is 0.00000180. The molecule has 1 aromatic rings. The van der Waals surface area contributed by atoms with Gasteiger partial charge in [0.15, 0.2) is 0 Å². The van der Waals surface area contributed by atoms with Crippen LogP contribution in [0.1, 0.15) is 38.4 Å². The highest BCUT2D eigenvalue weighted by molar-refractivity contribution is 5.85. The molecule has 0 saturated carbocycles. The van der Waals surface area contributed by atoms with Gasteiger partial charge in [-0.2, -0.15) is 5.10 Å². The van der Waals surface area contributed by atoms with Gasteiger partial charge in [-0.1, -0.05) is 20.8 Å². The van der Waals surface area contributed by atoms with Gasteiger partial charge < -0.3 is 5.32 Å². The zero-order chi connectivity index (χ0) is 13.2. The minimum atomic E-state index is 0. The van der Waals surface area contributed by atoms with Crippen molar-refractivity contribution in [3.63, 3.8) is 0 Å². The molecule has 0 atom stereocenters. The molecule has 0 bridgehead atoms. The second-order valence-corrected chi connectivity index (χ2v) is 6.31. The van der Waals surface area contributed by atoms with E-state index in [0.717, 1.165) is 26.2 Å². The third kappa shape index (κ3) is 4.48. The highest BCUT2D eigenvalue weighted by Gasteiger charge is 2.23. The molecule has 2 rings (SSSR count). The van der Waals surface area contributed by atoms with Gasteiger partial charge in [-0.05, 0) is 19.5 Å². The molecule has 1 aliphatic rings. The van der Waals surface area contributed by atoms with Crippen molar-refractivity contribution in [3.8, 4) is 0 Å². The third-order valence-electron chi connectivity index (χ3n) is 3.44. The van der Waals surface area contributed by atoms with Gasteiger partial charge in [0.2, 0.25) is 0 Å². The van der Waals surface area contributed by atoms with Crippen molar-refractivity contribution in [2.45, 2.75) is 39.2 Å². The largest absolute Gasteiger partial charge is 0.315 e. The van der Waals surface area contributed by atoms with Crippen LogP contribution in [0.25, 0.3) is 0 Å². The summed E-state index contributed by atoms with van der Waals surface area (Å²) >= 11 is 0. The quantitative estimate of drug-likeness (QED) is 0.902. The van der Waals surface area contributed by atoms with Gasteiger partial charge in [-0.25, -0.2) is 0 Å². The molecule has 2 heterocycles. The third-order valence-corrected chi connectivity index (χ3v) is 3.44. The lowest BCUT2D eigenvalue weighted by Gasteiger charge is -2.22. The minimum absolute atomic E-state index is 0. The van der Waals surface area contributed by atoms with E-state index in [9.17, 15) is 0 Å². The van der Waals surface area contributed by atoms with E-state index < -0.39 is 0 Å². The highest BCUT2D eigenvalue weighted by atomic mass is 35.5. The van der Waals surface area contributed by atoms with Crippen molar-refractivity contribution in [3.05, 3.63) is 17.5 Å². The number of aromatic nitrogens is 2. The van der Waals surface area contributed by atoms with Crippen LogP contribution >= 0.6 is 12.4 Å². The van der Waals surface area contributed by atoms with Crippen molar-refractivity contribution in [1.82, 2.24) is 20.0 Å². The molecule has 19 heavy (non-hydrogen) atoms. The van der Waals surface area contributed by atoms with Crippen molar-refractivity contribution < 1.29 is 0 Å². The van der Waals surface area contributed by atoms with Crippen LogP contribution < -0.4 is 5.32 Å². The average Bonchev–Trinajstić information content (AvgIpc) is 2.49. The van der Waals surface area contributed by atoms with E-state index in [4.69, 9.17) is 0 Å². The van der Waals surface area contributed by atoms with Crippen LogP contribution in [0.2, 0.25) is 0 Å². The zero-order valence-electron chi connectivity index (χ0n) is 12.6. The molecule has 0 aliphatic carbocycles. The predicted molar refractivity (Wildman–Crippen MR) is 81.9 cm³/mol. The number of nitrogens with one attached hydrogen (secondary N) is 1. The van der Waals surface area contributed by atoms with Gasteiger partial charge in [0.25, 0.3) is 0 Å². The lowest BCUT2D eigenvalue weighted by atomic mass is 9.89. The van der Waals surface area contributed by atoms with E-state index in [0.29, 0.717) is 0 Å². The van der Waals surface area contributed by atoms with Crippen LogP contribution in [0.3, 0.4) is 0 Å². The monoisotopic (exact) mass is 286 g/mol. The summed E-state index contributed by atoms with van der Waals surface area (Å²) in [6.45, 7) is 12.3. The molecule has 5 heteroatoms. The number of nitrogens with zero attached hydrogens (tertiary/aromatic N) is 3. The number of hydrogen-bond acceptors (Lipinski definition) is 3. The molecule has 0 amide bonds. The van der Waals surface area contributed by atoms with Crippen LogP contribution in [0, 0.1) is 0 Å². The Bertz CT molecular complexity index is 387. The lowest BCUT2D eigenvalue weighted by Crippen LogP contribution is -2.28. The van der Waals surface area contributed by atoms with Crippen LogP contribution in [0.5, 0.6) is 0 Å². The summed E-state index contributed by atoms with van der Waals surface area (Å²) in [5.74, 6) is 0. The SMILES string of the molecule is Cl.Cn1cc(CN2CCCNCC2)c(C(C)(C)C)n1. The van der Waals surface area contributed by atoms with E-state index in [-0.39, 0.29) is 17.8 Å². The Morgan fingerprint density at radius 2 is 2.00 bits per heavy atom. The molecule has 1 aromatic heterocycles. The maximum absolute atomic E-state index is 4.65. The molecule has 0 spiro atoms. The Morgan fingerprint density at radius 3 is 2.68 bits per heavy atom. The standard InChI is InChI=1S/C14H26N4.ClH/c1-14(2,3)13-12(10-17(4)16-13)11-18-8-5-6-15-7-9-18;/h10,15H,5-9,11H2,1-4H3;1H. The topological polar surface area (TPSA) is 33.1 Å².